The predicted molar refractivity (Wildman–Crippen MR) is 74.6 cm³/mol. The molecule has 0 radical (unpaired) electrons. The number of aryl methyl sites for hydroxylation is 3. The van der Waals surface area contributed by atoms with Gasteiger partial charge in [0.1, 0.15) is 0 Å². The Morgan fingerprint density at radius 2 is 1.82 bits per heavy atom. The summed E-state index contributed by atoms with van der Waals surface area (Å²) in [6, 6.07) is 4.54. The van der Waals surface area contributed by atoms with Gasteiger partial charge in [-0.2, -0.15) is 0 Å². The summed E-state index contributed by atoms with van der Waals surface area (Å²) in [4.78, 5) is 2.46. The Balaban J connectivity index is 2.27. The van der Waals surface area contributed by atoms with Crippen LogP contribution in [0.25, 0.3) is 0 Å². The molecule has 2 N–H and O–H groups in total. The van der Waals surface area contributed by atoms with Gasteiger partial charge in [-0.05, 0) is 38.3 Å². The molecule has 0 atom stereocenters. The SMILES string of the molecule is Cc1cc(C)c(N2CC=C(CN)CC2)c(C)c1. The lowest BCUT2D eigenvalue weighted by atomic mass is 10.0. The van der Waals surface area contributed by atoms with Gasteiger partial charge in [-0.15, -0.1) is 0 Å². The predicted octanol–water partition coefficient (Wildman–Crippen LogP) is 2.71. The Morgan fingerprint density at radius 3 is 2.29 bits per heavy atom. The molecule has 1 aromatic rings. The number of hydrogen-bond donors (Lipinski definition) is 1. The molecule has 0 saturated heterocycles. The highest BCUT2D eigenvalue weighted by Crippen LogP contribution is 2.28. The maximum atomic E-state index is 5.68. The first kappa shape index (κ1) is 12.2. The Morgan fingerprint density at radius 1 is 1.18 bits per heavy atom. The van der Waals surface area contributed by atoms with E-state index < -0.39 is 0 Å². The molecule has 0 unspecified atom stereocenters. The van der Waals surface area contributed by atoms with Crippen molar-refractivity contribution in [3.63, 3.8) is 0 Å². The van der Waals surface area contributed by atoms with E-state index in [9.17, 15) is 0 Å². The summed E-state index contributed by atoms with van der Waals surface area (Å²) < 4.78 is 0. The number of nitrogens with zero attached hydrogens (tertiary/aromatic N) is 1. The monoisotopic (exact) mass is 230 g/mol. The Labute approximate surface area is 104 Å². The third-order valence-electron chi connectivity index (χ3n) is 3.52. The molecule has 0 bridgehead atoms. The van der Waals surface area contributed by atoms with Gasteiger partial charge in [0, 0.05) is 25.3 Å². The third kappa shape index (κ3) is 2.52. The van der Waals surface area contributed by atoms with Gasteiger partial charge in [0.2, 0.25) is 0 Å². The van der Waals surface area contributed by atoms with E-state index in [1.807, 2.05) is 0 Å². The molecule has 0 aliphatic carbocycles. The molecular weight excluding hydrogens is 208 g/mol. The lowest BCUT2D eigenvalue weighted by Gasteiger charge is -2.31. The molecule has 0 aromatic heterocycles. The fourth-order valence-corrected chi connectivity index (χ4v) is 2.77. The summed E-state index contributed by atoms with van der Waals surface area (Å²) in [5.41, 5.74) is 12.6. The Bertz CT molecular complexity index is 423. The fraction of sp³-hybridized carbons (Fsp3) is 0.467. The first-order chi connectivity index (χ1) is 8.11. The second-order valence-corrected chi connectivity index (χ2v) is 5.01. The molecule has 17 heavy (non-hydrogen) atoms. The molecule has 2 nitrogen and oxygen atoms in total. The van der Waals surface area contributed by atoms with E-state index in [1.165, 1.54) is 28.0 Å². The maximum absolute atomic E-state index is 5.68. The number of anilines is 1. The van der Waals surface area contributed by atoms with Crippen molar-refractivity contribution in [3.8, 4) is 0 Å². The van der Waals surface area contributed by atoms with Crippen molar-refractivity contribution in [3.05, 3.63) is 40.5 Å². The minimum Gasteiger partial charge on any atom is -0.367 e. The van der Waals surface area contributed by atoms with Gasteiger partial charge in [0.05, 0.1) is 0 Å². The van der Waals surface area contributed by atoms with E-state index in [2.05, 4.69) is 43.9 Å². The highest BCUT2D eigenvalue weighted by atomic mass is 15.1. The molecule has 92 valence electrons. The zero-order chi connectivity index (χ0) is 12.4. The van der Waals surface area contributed by atoms with Crippen LogP contribution in [0.5, 0.6) is 0 Å². The highest BCUT2D eigenvalue weighted by molar-refractivity contribution is 5.61. The summed E-state index contributed by atoms with van der Waals surface area (Å²) in [5.74, 6) is 0. The lowest BCUT2D eigenvalue weighted by molar-refractivity contribution is 0.768. The van der Waals surface area contributed by atoms with Gasteiger partial charge < -0.3 is 10.6 Å². The van der Waals surface area contributed by atoms with Crippen LogP contribution in [-0.2, 0) is 0 Å². The Hall–Kier alpha value is -1.28. The molecular formula is C15H22N2. The molecule has 2 heteroatoms. The van der Waals surface area contributed by atoms with Crippen LogP contribution >= 0.6 is 0 Å². The van der Waals surface area contributed by atoms with Crippen LogP contribution in [-0.4, -0.2) is 19.6 Å². The lowest BCUT2D eigenvalue weighted by Crippen LogP contribution is -2.31. The van der Waals surface area contributed by atoms with Gasteiger partial charge in [0.25, 0.3) is 0 Å². The summed E-state index contributed by atoms with van der Waals surface area (Å²) in [6.07, 6.45) is 3.38. The number of benzene rings is 1. The smallest absolute Gasteiger partial charge is 0.0428 e. The largest absolute Gasteiger partial charge is 0.367 e. The zero-order valence-electron chi connectivity index (χ0n) is 11.1. The van der Waals surface area contributed by atoms with Crippen LogP contribution in [0.2, 0.25) is 0 Å². The fourth-order valence-electron chi connectivity index (χ4n) is 2.77. The second kappa shape index (κ2) is 4.92. The van der Waals surface area contributed by atoms with Crippen molar-refractivity contribution < 1.29 is 0 Å². The van der Waals surface area contributed by atoms with Crippen molar-refractivity contribution in [2.75, 3.05) is 24.5 Å². The highest BCUT2D eigenvalue weighted by Gasteiger charge is 2.15. The van der Waals surface area contributed by atoms with E-state index in [1.54, 1.807) is 0 Å². The Kier molecular flexibility index (Phi) is 3.53. The first-order valence-corrected chi connectivity index (χ1v) is 6.32. The standard InChI is InChI=1S/C15H22N2/c1-11-8-12(2)15(13(3)9-11)17-6-4-14(10-16)5-7-17/h4,8-9H,5-7,10,16H2,1-3H3. The van der Waals surface area contributed by atoms with E-state index in [0.717, 1.165) is 19.5 Å². The molecule has 1 aliphatic heterocycles. The van der Waals surface area contributed by atoms with E-state index in [-0.39, 0.29) is 0 Å². The first-order valence-electron chi connectivity index (χ1n) is 6.32. The van der Waals surface area contributed by atoms with Gasteiger partial charge in [-0.1, -0.05) is 29.3 Å². The van der Waals surface area contributed by atoms with Crippen molar-refractivity contribution in [2.45, 2.75) is 27.2 Å². The second-order valence-electron chi connectivity index (χ2n) is 5.01. The minimum absolute atomic E-state index is 0.708. The van der Waals surface area contributed by atoms with Gasteiger partial charge >= 0.3 is 0 Å². The van der Waals surface area contributed by atoms with Crippen molar-refractivity contribution in [1.82, 2.24) is 0 Å². The average Bonchev–Trinajstić information content (AvgIpc) is 2.28. The quantitative estimate of drug-likeness (QED) is 0.792. The number of rotatable bonds is 2. The zero-order valence-corrected chi connectivity index (χ0v) is 11.1. The van der Waals surface area contributed by atoms with Crippen LogP contribution < -0.4 is 10.6 Å². The van der Waals surface area contributed by atoms with Gasteiger partial charge in [0.15, 0.2) is 0 Å². The van der Waals surface area contributed by atoms with Crippen molar-refractivity contribution in [1.29, 1.82) is 0 Å². The molecule has 0 amide bonds. The van der Waals surface area contributed by atoms with E-state index in [0.29, 0.717) is 6.54 Å². The van der Waals surface area contributed by atoms with Crippen molar-refractivity contribution >= 4 is 5.69 Å². The maximum Gasteiger partial charge on any atom is 0.0428 e. The molecule has 0 fully saturated rings. The van der Waals surface area contributed by atoms with Crippen LogP contribution in [0, 0.1) is 20.8 Å². The number of hydrogen-bond acceptors (Lipinski definition) is 2. The summed E-state index contributed by atoms with van der Waals surface area (Å²) in [5, 5.41) is 0. The topological polar surface area (TPSA) is 29.3 Å². The van der Waals surface area contributed by atoms with Crippen LogP contribution in [0.1, 0.15) is 23.1 Å². The molecule has 0 saturated carbocycles. The van der Waals surface area contributed by atoms with Crippen LogP contribution in [0.3, 0.4) is 0 Å². The summed E-state index contributed by atoms with van der Waals surface area (Å²) >= 11 is 0. The molecule has 0 spiro atoms. The summed E-state index contributed by atoms with van der Waals surface area (Å²) in [7, 11) is 0. The molecule has 1 heterocycles. The minimum atomic E-state index is 0.708. The third-order valence-corrected chi connectivity index (χ3v) is 3.52. The van der Waals surface area contributed by atoms with Crippen LogP contribution in [0.15, 0.2) is 23.8 Å². The van der Waals surface area contributed by atoms with Gasteiger partial charge in [-0.25, -0.2) is 0 Å². The average molecular weight is 230 g/mol. The normalized spacial score (nSPS) is 16.0. The number of nitrogens with two attached hydrogens (primary N) is 1. The van der Waals surface area contributed by atoms with E-state index >= 15 is 0 Å². The summed E-state index contributed by atoms with van der Waals surface area (Å²) in [6.45, 7) is 9.37. The van der Waals surface area contributed by atoms with Crippen LogP contribution in [0.4, 0.5) is 5.69 Å². The molecule has 2 rings (SSSR count). The molecule has 1 aromatic carbocycles. The van der Waals surface area contributed by atoms with Gasteiger partial charge in [-0.3, -0.25) is 0 Å². The van der Waals surface area contributed by atoms with Crippen molar-refractivity contribution in [2.24, 2.45) is 5.73 Å². The molecule has 1 aliphatic rings. The van der Waals surface area contributed by atoms with E-state index in [4.69, 9.17) is 5.73 Å².